The first kappa shape index (κ1) is 10.9. The van der Waals surface area contributed by atoms with Gasteiger partial charge in [-0.15, -0.1) is 0 Å². The molecule has 84 valence electrons. The van der Waals surface area contributed by atoms with Crippen molar-refractivity contribution in [2.75, 3.05) is 7.11 Å². The fourth-order valence-corrected chi connectivity index (χ4v) is 1.82. The molecule has 1 aromatic heterocycles. The van der Waals surface area contributed by atoms with Gasteiger partial charge in [0.05, 0.1) is 5.39 Å². The first-order valence-corrected chi connectivity index (χ1v) is 5.52. The molecule has 0 atom stereocenters. The molecule has 2 heteroatoms. The predicted octanol–water partition coefficient (Wildman–Crippen LogP) is 2.48. The van der Waals surface area contributed by atoms with Crippen LogP contribution in [0.2, 0.25) is 0 Å². The first-order chi connectivity index (χ1) is 7.52. The summed E-state index contributed by atoms with van der Waals surface area (Å²) in [5, 5.41) is 1.21. The Morgan fingerprint density at radius 1 is 1.12 bits per heavy atom. The van der Waals surface area contributed by atoms with Crippen molar-refractivity contribution in [3.63, 3.8) is 0 Å². The van der Waals surface area contributed by atoms with Gasteiger partial charge in [0.2, 0.25) is 6.20 Å². The number of nitrogens with zero attached hydrogens (tertiary/aromatic N) is 1. The third kappa shape index (κ3) is 1.87. The molecule has 0 aliphatic heterocycles. The van der Waals surface area contributed by atoms with E-state index in [1.165, 1.54) is 10.9 Å². The summed E-state index contributed by atoms with van der Waals surface area (Å²) in [6, 6.07) is 10.6. The Morgan fingerprint density at radius 2 is 1.88 bits per heavy atom. The zero-order chi connectivity index (χ0) is 11.8. The van der Waals surface area contributed by atoms with Crippen LogP contribution >= 0.6 is 0 Å². The van der Waals surface area contributed by atoms with Crippen molar-refractivity contribution in [2.24, 2.45) is 0 Å². The molecule has 0 saturated carbocycles. The smallest absolute Gasteiger partial charge is 0.264 e. The molecule has 1 heterocycles. The largest absolute Gasteiger partial charge is 0.274 e. The van der Waals surface area contributed by atoms with Crippen LogP contribution in [-0.4, -0.2) is 7.11 Å². The molecule has 0 amide bonds. The molecule has 0 aliphatic rings. The van der Waals surface area contributed by atoms with E-state index in [0.717, 1.165) is 5.52 Å². The molecule has 0 aliphatic carbocycles. The molecular weight excluding hydrogens is 198 g/mol. The van der Waals surface area contributed by atoms with Gasteiger partial charge in [-0.2, -0.15) is 0 Å². The Balaban J connectivity index is 2.64. The van der Waals surface area contributed by atoms with Crippen LogP contribution < -0.4 is 9.57 Å². The van der Waals surface area contributed by atoms with E-state index in [9.17, 15) is 0 Å². The molecular formula is C14H18NO+. The molecule has 2 aromatic rings. The maximum Gasteiger partial charge on any atom is 0.264 e. The lowest BCUT2D eigenvalue weighted by Crippen LogP contribution is -2.40. The highest BCUT2D eigenvalue weighted by Crippen LogP contribution is 2.24. The van der Waals surface area contributed by atoms with E-state index in [0.29, 0.717) is 0 Å². The molecule has 0 spiro atoms. The second kappa shape index (κ2) is 3.78. The lowest BCUT2D eigenvalue weighted by Gasteiger charge is -2.18. The summed E-state index contributed by atoms with van der Waals surface area (Å²) in [4.78, 5) is 5.27. The number of pyridine rings is 1. The second-order valence-electron chi connectivity index (χ2n) is 5.04. The highest BCUT2D eigenvalue weighted by molar-refractivity contribution is 5.76. The van der Waals surface area contributed by atoms with Crippen molar-refractivity contribution in [3.05, 3.63) is 42.1 Å². The Labute approximate surface area is 96.4 Å². The van der Waals surface area contributed by atoms with Crippen molar-refractivity contribution in [2.45, 2.75) is 26.2 Å². The Kier molecular flexibility index (Phi) is 2.58. The molecule has 0 unspecified atom stereocenters. The number of hydrogen-bond donors (Lipinski definition) is 0. The molecule has 0 fully saturated rings. The minimum atomic E-state index is 0.182. The number of aromatic nitrogens is 1. The van der Waals surface area contributed by atoms with Crippen LogP contribution in [0.4, 0.5) is 0 Å². The highest BCUT2D eigenvalue weighted by Gasteiger charge is 2.16. The van der Waals surface area contributed by atoms with E-state index in [2.05, 4.69) is 45.0 Å². The molecule has 2 nitrogen and oxygen atoms in total. The normalized spacial score (nSPS) is 11.8. The fourth-order valence-electron chi connectivity index (χ4n) is 1.82. The van der Waals surface area contributed by atoms with Crippen LogP contribution in [-0.2, 0) is 5.41 Å². The summed E-state index contributed by atoms with van der Waals surface area (Å²) in [6.07, 6.45) is 1.92. The van der Waals surface area contributed by atoms with Crippen LogP contribution in [0.1, 0.15) is 26.3 Å². The van der Waals surface area contributed by atoms with Gasteiger partial charge in [0, 0.05) is 16.9 Å². The zero-order valence-electron chi connectivity index (χ0n) is 10.3. The number of benzene rings is 1. The van der Waals surface area contributed by atoms with E-state index < -0.39 is 0 Å². The SMILES string of the molecule is CO[n+]1cccc2cc(C(C)(C)C)ccc21. The minimum absolute atomic E-state index is 0.182. The van der Waals surface area contributed by atoms with Gasteiger partial charge >= 0.3 is 0 Å². The minimum Gasteiger partial charge on any atom is -0.274 e. The second-order valence-corrected chi connectivity index (χ2v) is 5.04. The van der Waals surface area contributed by atoms with E-state index >= 15 is 0 Å². The molecule has 1 aromatic carbocycles. The average Bonchev–Trinajstić information content (AvgIpc) is 2.26. The van der Waals surface area contributed by atoms with Crippen LogP contribution in [0.5, 0.6) is 0 Å². The molecule has 2 rings (SSSR count). The summed E-state index contributed by atoms with van der Waals surface area (Å²) >= 11 is 0. The van der Waals surface area contributed by atoms with Gasteiger partial charge in [0.25, 0.3) is 5.52 Å². The van der Waals surface area contributed by atoms with Crippen LogP contribution in [0.15, 0.2) is 36.5 Å². The molecule has 0 bridgehead atoms. The van der Waals surface area contributed by atoms with Crippen molar-refractivity contribution in [1.29, 1.82) is 0 Å². The summed E-state index contributed by atoms with van der Waals surface area (Å²) in [5.41, 5.74) is 2.62. The summed E-state index contributed by atoms with van der Waals surface area (Å²) in [6.45, 7) is 6.67. The van der Waals surface area contributed by atoms with Crippen molar-refractivity contribution in [1.82, 2.24) is 0 Å². The van der Waals surface area contributed by atoms with Gasteiger partial charge in [-0.1, -0.05) is 26.8 Å². The predicted molar refractivity (Wildman–Crippen MR) is 65.3 cm³/mol. The Bertz CT molecular complexity index is 512. The van der Waals surface area contributed by atoms with Crippen molar-refractivity contribution in [3.8, 4) is 0 Å². The van der Waals surface area contributed by atoms with E-state index in [1.807, 2.05) is 12.3 Å². The first-order valence-electron chi connectivity index (χ1n) is 5.52. The van der Waals surface area contributed by atoms with Crippen molar-refractivity contribution >= 4 is 10.9 Å². The van der Waals surface area contributed by atoms with Crippen LogP contribution in [0.25, 0.3) is 10.9 Å². The van der Waals surface area contributed by atoms with Gasteiger partial charge in [-0.05, 0) is 23.1 Å². The van der Waals surface area contributed by atoms with E-state index in [1.54, 1.807) is 11.8 Å². The third-order valence-electron chi connectivity index (χ3n) is 2.82. The zero-order valence-corrected chi connectivity index (χ0v) is 10.3. The van der Waals surface area contributed by atoms with Gasteiger partial charge in [0.15, 0.2) is 0 Å². The molecule has 0 saturated heterocycles. The van der Waals surface area contributed by atoms with Gasteiger partial charge in [-0.3, -0.25) is 4.84 Å². The topological polar surface area (TPSA) is 13.1 Å². The molecule has 0 N–H and O–H groups in total. The lowest BCUT2D eigenvalue weighted by molar-refractivity contribution is -0.865. The van der Waals surface area contributed by atoms with Crippen LogP contribution in [0, 0.1) is 0 Å². The summed E-state index contributed by atoms with van der Waals surface area (Å²) in [7, 11) is 1.68. The van der Waals surface area contributed by atoms with Crippen molar-refractivity contribution < 1.29 is 9.57 Å². The lowest BCUT2D eigenvalue weighted by atomic mass is 9.86. The molecule has 16 heavy (non-hydrogen) atoms. The Morgan fingerprint density at radius 3 is 2.50 bits per heavy atom. The Hall–Kier alpha value is -1.57. The number of fused-ring (bicyclic) bond motifs is 1. The molecule has 0 radical (unpaired) electrons. The maximum atomic E-state index is 5.27. The number of rotatable bonds is 1. The third-order valence-corrected chi connectivity index (χ3v) is 2.82. The summed E-state index contributed by atoms with van der Waals surface area (Å²) < 4.78 is 1.78. The summed E-state index contributed by atoms with van der Waals surface area (Å²) in [5.74, 6) is 0. The monoisotopic (exact) mass is 216 g/mol. The van der Waals surface area contributed by atoms with Gasteiger partial charge < -0.3 is 0 Å². The quantitative estimate of drug-likeness (QED) is 0.667. The number of hydrogen-bond acceptors (Lipinski definition) is 1. The fraction of sp³-hybridized carbons (Fsp3) is 0.357. The van der Waals surface area contributed by atoms with E-state index in [4.69, 9.17) is 4.84 Å². The van der Waals surface area contributed by atoms with Gasteiger partial charge in [-0.25, -0.2) is 0 Å². The van der Waals surface area contributed by atoms with Gasteiger partial charge in [0.1, 0.15) is 7.11 Å². The standard InChI is InChI=1S/C14H18NO/c1-14(2,3)12-7-8-13-11(10-12)6-5-9-15(13)16-4/h5-10H,1-4H3/q+1. The van der Waals surface area contributed by atoms with Crippen LogP contribution in [0.3, 0.4) is 0 Å². The maximum absolute atomic E-state index is 5.27. The van der Waals surface area contributed by atoms with E-state index in [-0.39, 0.29) is 5.41 Å². The average molecular weight is 216 g/mol. The highest BCUT2D eigenvalue weighted by atomic mass is 16.6.